The summed E-state index contributed by atoms with van der Waals surface area (Å²) in [6, 6.07) is 12.5. The van der Waals surface area contributed by atoms with Crippen LogP contribution in [0.3, 0.4) is 0 Å². The number of rotatable bonds is 7. The number of ether oxygens (including phenoxy) is 1. The van der Waals surface area contributed by atoms with Crippen LogP contribution in [-0.2, 0) is 11.2 Å². The van der Waals surface area contributed by atoms with Crippen molar-refractivity contribution in [2.24, 2.45) is 0 Å². The van der Waals surface area contributed by atoms with Crippen molar-refractivity contribution in [3.63, 3.8) is 0 Å². The molecule has 2 heterocycles. The summed E-state index contributed by atoms with van der Waals surface area (Å²) in [5.74, 6) is 1.20. The van der Waals surface area contributed by atoms with E-state index in [-0.39, 0.29) is 11.9 Å². The Bertz CT molecular complexity index is 703. The van der Waals surface area contributed by atoms with E-state index in [9.17, 15) is 4.79 Å². The summed E-state index contributed by atoms with van der Waals surface area (Å²) in [5.41, 5.74) is 2.52. The Kier molecular flexibility index (Phi) is 6.23. The Morgan fingerprint density at radius 1 is 1.27 bits per heavy atom. The number of carbonyl (C=O) groups excluding carboxylic acids is 1. The maximum Gasteiger partial charge on any atom is 0.217 e. The van der Waals surface area contributed by atoms with Crippen LogP contribution in [0.25, 0.3) is 0 Å². The standard InChI is InChI=1S/C21H27N3O2/c1-16(25)23-21-15-24(12-4-6-17-5-3-11-22-13-17)14-20(21)18-7-9-19(26-2)10-8-18/h3,5,7-11,13,20-21H,4,6,12,14-15H2,1-2H3,(H,23,25)/t20-,21+/m0/s1. The summed E-state index contributed by atoms with van der Waals surface area (Å²) >= 11 is 0. The van der Waals surface area contributed by atoms with Gasteiger partial charge in [0.15, 0.2) is 0 Å². The molecule has 0 saturated carbocycles. The molecule has 1 aliphatic rings. The lowest BCUT2D eigenvalue weighted by Crippen LogP contribution is -2.38. The molecule has 1 saturated heterocycles. The second-order valence-electron chi connectivity index (χ2n) is 6.91. The number of methoxy groups -OCH3 is 1. The zero-order chi connectivity index (χ0) is 18.4. The van der Waals surface area contributed by atoms with Crippen molar-refractivity contribution in [2.75, 3.05) is 26.7 Å². The van der Waals surface area contributed by atoms with Gasteiger partial charge in [0.05, 0.1) is 7.11 Å². The summed E-state index contributed by atoms with van der Waals surface area (Å²) in [7, 11) is 1.68. The van der Waals surface area contributed by atoms with Crippen molar-refractivity contribution in [2.45, 2.75) is 31.7 Å². The second kappa shape index (κ2) is 8.81. The summed E-state index contributed by atoms with van der Waals surface area (Å²) in [6.07, 6.45) is 5.86. The summed E-state index contributed by atoms with van der Waals surface area (Å²) in [4.78, 5) is 18.3. The number of nitrogens with one attached hydrogen (secondary N) is 1. The molecule has 1 amide bonds. The van der Waals surface area contributed by atoms with Gasteiger partial charge in [-0.2, -0.15) is 0 Å². The van der Waals surface area contributed by atoms with Crippen LogP contribution in [0.5, 0.6) is 5.75 Å². The molecule has 26 heavy (non-hydrogen) atoms. The van der Waals surface area contributed by atoms with E-state index in [1.165, 1.54) is 11.1 Å². The molecule has 0 unspecified atom stereocenters. The van der Waals surface area contributed by atoms with Gasteiger partial charge in [-0.15, -0.1) is 0 Å². The fraction of sp³-hybridized carbons (Fsp3) is 0.429. The molecular formula is C21H27N3O2. The van der Waals surface area contributed by atoms with Crippen LogP contribution in [0.15, 0.2) is 48.8 Å². The van der Waals surface area contributed by atoms with Crippen molar-refractivity contribution in [3.05, 3.63) is 59.9 Å². The van der Waals surface area contributed by atoms with Gasteiger partial charge < -0.3 is 15.0 Å². The third-order valence-electron chi connectivity index (χ3n) is 4.99. The largest absolute Gasteiger partial charge is 0.497 e. The molecule has 1 N–H and O–H groups in total. The number of benzene rings is 1. The van der Waals surface area contributed by atoms with Gasteiger partial charge in [0.1, 0.15) is 5.75 Å². The third-order valence-corrected chi connectivity index (χ3v) is 4.99. The van der Waals surface area contributed by atoms with Crippen LogP contribution in [-0.4, -0.2) is 48.6 Å². The molecule has 2 aromatic rings. The minimum Gasteiger partial charge on any atom is -0.497 e. The lowest BCUT2D eigenvalue weighted by Gasteiger charge is -2.19. The van der Waals surface area contributed by atoms with Crippen LogP contribution in [0, 0.1) is 0 Å². The highest BCUT2D eigenvalue weighted by molar-refractivity contribution is 5.73. The number of nitrogens with zero attached hydrogens (tertiary/aromatic N) is 2. The molecule has 1 fully saturated rings. The number of hydrogen-bond acceptors (Lipinski definition) is 4. The maximum atomic E-state index is 11.6. The number of amides is 1. The molecule has 1 aromatic carbocycles. The Morgan fingerprint density at radius 3 is 2.73 bits per heavy atom. The monoisotopic (exact) mass is 353 g/mol. The molecule has 5 nitrogen and oxygen atoms in total. The van der Waals surface area contributed by atoms with Crippen LogP contribution in [0.4, 0.5) is 0 Å². The SMILES string of the molecule is COc1ccc([C@@H]2CN(CCCc3cccnc3)C[C@H]2NC(C)=O)cc1. The molecule has 0 aliphatic carbocycles. The predicted octanol–water partition coefficient (Wildman–Crippen LogP) is 2.63. The number of pyridine rings is 1. The van der Waals surface area contributed by atoms with Gasteiger partial charge in [-0.25, -0.2) is 0 Å². The number of aryl methyl sites for hydroxylation is 1. The second-order valence-corrected chi connectivity index (χ2v) is 6.91. The van der Waals surface area contributed by atoms with Gasteiger partial charge in [-0.05, 0) is 48.7 Å². The maximum absolute atomic E-state index is 11.6. The van der Waals surface area contributed by atoms with Gasteiger partial charge in [-0.1, -0.05) is 18.2 Å². The van der Waals surface area contributed by atoms with Crippen molar-refractivity contribution in [1.82, 2.24) is 15.2 Å². The molecular weight excluding hydrogens is 326 g/mol. The minimum absolute atomic E-state index is 0.0331. The highest BCUT2D eigenvalue weighted by Crippen LogP contribution is 2.29. The molecule has 1 aromatic heterocycles. The van der Waals surface area contributed by atoms with E-state index in [1.54, 1.807) is 20.2 Å². The van der Waals surface area contributed by atoms with Crippen LogP contribution < -0.4 is 10.1 Å². The van der Waals surface area contributed by atoms with Gasteiger partial charge >= 0.3 is 0 Å². The topological polar surface area (TPSA) is 54.5 Å². The Morgan fingerprint density at radius 2 is 2.08 bits per heavy atom. The first-order chi connectivity index (χ1) is 12.7. The average Bonchev–Trinajstić information content (AvgIpc) is 3.04. The summed E-state index contributed by atoms with van der Waals surface area (Å²) < 4.78 is 5.25. The van der Waals surface area contributed by atoms with Crippen LogP contribution in [0.2, 0.25) is 0 Å². The van der Waals surface area contributed by atoms with Crippen molar-refractivity contribution in [3.8, 4) is 5.75 Å². The molecule has 1 aliphatic heterocycles. The van der Waals surface area contributed by atoms with E-state index in [2.05, 4.69) is 33.4 Å². The van der Waals surface area contributed by atoms with Crippen LogP contribution >= 0.6 is 0 Å². The highest BCUT2D eigenvalue weighted by Gasteiger charge is 2.33. The average molecular weight is 353 g/mol. The first-order valence-electron chi connectivity index (χ1n) is 9.18. The smallest absolute Gasteiger partial charge is 0.217 e. The van der Waals surface area contributed by atoms with Crippen molar-refractivity contribution >= 4 is 5.91 Å². The van der Waals surface area contributed by atoms with Gasteiger partial charge in [-0.3, -0.25) is 9.78 Å². The van der Waals surface area contributed by atoms with Gasteiger partial charge in [0.25, 0.3) is 0 Å². The zero-order valence-electron chi connectivity index (χ0n) is 15.5. The van der Waals surface area contributed by atoms with E-state index in [4.69, 9.17) is 4.74 Å². The fourth-order valence-corrected chi connectivity index (χ4v) is 3.72. The fourth-order valence-electron chi connectivity index (χ4n) is 3.72. The highest BCUT2D eigenvalue weighted by atomic mass is 16.5. The molecule has 0 spiro atoms. The van der Waals surface area contributed by atoms with E-state index >= 15 is 0 Å². The molecule has 0 bridgehead atoms. The van der Waals surface area contributed by atoms with Gasteiger partial charge in [0, 0.05) is 44.4 Å². The predicted molar refractivity (Wildman–Crippen MR) is 102 cm³/mol. The van der Waals surface area contributed by atoms with Crippen molar-refractivity contribution in [1.29, 1.82) is 0 Å². The lowest BCUT2D eigenvalue weighted by molar-refractivity contribution is -0.119. The minimum atomic E-state index is 0.0331. The van der Waals surface area contributed by atoms with E-state index in [1.807, 2.05) is 24.4 Å². The summed E-state index contributed by atoms with van der Waals surface area (Å²) in [6.45, 7) is 4.47. The molecule has 138 valence electrons. The number of carbonyl (C=O) groups is 1. The Labute approximate surface area is 155 Å². The van der Waals surface area contributed by atoms with Gasteiger partial charge in [0.2, 0.25) is 5.91 Å². The van der Waals surface area contributed by atoms with E-state index < -0.39 is 0 Å². The molecule has 3 rings (SSSR count). The van der Waals surface area contributed by atoms with Crippen molar-refractivity contribution < 1.29 is 9.53 Å². The molecule has 2 atom stereocenters. The van der Waals surface area contributed by atoms with Crippen LogP contribution in [0.1, 0.15) is 30.4 Å². The number of aromatic nitrogens is 1. The van der Waals surface area contributed by atoms with E-state index in [0.717, 1.165) is 38.2 Å². The summed E-state index contributed by atoms with van der Waals surface area (Å²) in [5, 5.41) is 3.14. The zero-order valence-corrected chi connectivity index (χ0v) is 15.5. The lowest BCUT2D eigenvalue weighted by atomic mass is 9.94. The number of hydrogen-bond donors (Lipinski definition) is 1. The molecule has 5 heteroatoms. The normalized spacial score (nSPS) is 20.1. The quantitative estimate of drug-likeness (QED) is 0.831. The molecule has 0 radical (unpaired) electrons. The third kappa shape index (κ3) is 4.82. The Balaban J connectivity index is 1.61. The van der Waals surface area contributed by atoms with E-state index in [0.29, 0.717) is 5.92 Å². The first kappa shape index (κ1) is 18.4. The Hall–Kier alpha value is -2.40. The first-order valence-corrected chi connectivity index (χ1v) is 9.18. The number of likely N-dealkylation sites (tertiary alicyclic amines) is 1.